The van der Waals surface area contributed by atoms with Crippen molar-refractivity contribution < 1.29 is 4.74 Å². The molecule has 0 bridgehead atoms. The Morgan fingerprint density at radius 2 is 2.29 bits per heavy atom. The number of hydrogen-bond acceptors (Lipinski definition) is 4. The molecule has 3 nitrogen and oxygen atoms in total. The lowest BCUT2D eigenvalue weighted by Gasteiger charge is -2.12. The highest BCUT2D eigenvalue weighted by atomic mass is 32.1. The number of aryl methyl sites for hydroxylation is 1. The van der Waals surface area contributed by atoms with Gasteiger partial charge in [0.05, 0.1) is 18.8 Å². The van der Waals surface area contributed by atoms with Gasteiger partial charge in [0.15, 0.2) is 0 Å². The number of nitrogens with one attached hydrogen (secondary N) is 1. The minimum absolute atomic E-state index is 0.676. The van der Waals surface area contributed by atoms with Crippen LogP contribution in [0.2, 0.25) is 0 Å². The molecular formula is C13H16N2OS. The molecule has 0 aliphatic heterocycles. The fraction of sp³-hybridized carbons (Fsp3) is 0.308. The van der Waals surface area contributed by atoms with Gasteiger partial charge in [-0.05, 0) is 31.5 Å². The van der Waals surface area contributed by atoms with Gasteiger partial charge in [0, 0.05) is 11.6 Å². The van der Waals surface area contributed by atoms with Crippen LogP contribution in [0.3, 0.4) is 0 Å². The second-order valence-electron chi connectivity index (χ2n) is 3.71. The highest BCUT2D eigenvalue weighted by Gasteiger charge is 2.04. The number of thiazole rings is 1. The molecule has 1 N–H and O–H groups in total. The van der Waals surface area contributed by atoms with Crippen LogP contribution in [-0.4, -0.2) is 11.6 Å². The summed E-state index contributed by atoms with van der Waals surface area (Å²) in [4.78, 5) is 4.24. The molecule has 0 aliphatic carbocycles. The number of hydrogen-bond donors (Lipinski definition) is 1. The summed E-state index contributed by atoms with van der Waals surface area (Å²) in [6.45, 7) is 5.47. The largest absolute Gasteiger partial charge is 0.492 e. The summed E-state index contributed by atoms with van der Waals surface area (Å²) < 4.78 is 5.61. The predicted octanol–water partition coefficient (Wildman–Crippen LogP) is 3.46. The van der Waals surface area contributed by atoms with E-state index in [2.05, 4.69) is 23.3 Å². The van der Waals surface area contributed by atoms with E-state index >= 15 is 0 Å². The minimum atomic E-state index is 0.676. The molecule has 2 rings (SSSR count). The third-order valence-electron chi connectivity index (χ3n) is 2.35. The zero-order valence-corrected chi connectivity index (χ0v) is 10.9. The zero-order chi connectivity index (χ0) is 12.1. The fourth-order valence-corrected chi connectivity index (χ4v) is 2.12. The molecule has 1 heterocycles. The van der Waals surface area contributed by atoms with Crippen molar-refractivity contribution in [2.24, 2.45) is 0 Å². The van der Waals surface area contributed by atoms with Crippen molar-refractivity contribution in [2.45, 2.75) is 20.4 Å². The normalized spacial score (nSPS) is 10.2. The van der Waals surface area contributed by atoms with Crippen molar-refractivity contribution in [2.75, 3.05) is 11.9 Å². The molecule has 0 radical (unpaired) electrons. The SMILES string of the molecule is CCOc1cc(C)ccc1NCc1nccs1. The van der Waals surface area contributed by atoms with E-state index in [0.29, 0.717) is 6.61 Å². The molecule has 0 saturated carbocycles. The molecule has 2 aromatic rings. The van der Waals surface area contributed by atoms with Crippen molar-refractivity contribution in [3.05, 3.63) is 40.3 Å². The lowest BCUT2D eigenvalue weighted by Crippen LogP contribution is -2.02. The van der Waals surface area contributed by atoms with Gasteiger partial charge in [0.25, 0.3) is 0 Å². The summed E-state index contributed by atoms with van der Waals surface area (Å²) in [7, 11) is 0. The molecule has 1 aromatic heterocycles. The number of aromatic nitrogens is 1. The van der Waals surface area contributed by atoms with Crippen LogP contribution in [0.15, 0.2) is 29.8 Å². The highest BCUT2D eigenvalue weighted by Crippen LogP contribution is 2.26. The van der Waals surface area contributed by atoms with E-state index in [4.69, 9.17) is 4.74 Å². The summed E-state index contributed by atoms with van der Waals surface area (Å²) in [6, 6.07) is 6.17. The molecule has 0 amide bonds. The van der Waals surface area contributed by atoms with Gasteiger partial charge in [-0.2, -0.15) is 0 Å². The highest BCUT2D eigenvalue weighted by molar-refractivity contribution is 7.09. The van der Waals surface area contributed by atoms with Gasteiger partial charge in [-0.3, -0.25) is 0 Å². The Balaban J connectivity index is 2.08. The summed E-state index contributed by atoms with van der Waals surface area (Å²) in [5.74, 6) is 0.907. The average molecular weight is 248 g/mol. The van der Waals surface area contributed by atoms with Gasteiger partial charge in [-0.1, -0.05) is 6.07 Å². The van der Waals surface area contributed by atoms with Crippen LogP contribution >= 0.6 is 11.3 Å². The molecule has 0 fully saturated rings. The number of ether oxygens (including phenoxy) is 1. The third-order valence-corrected chi connectivity index (χ3v) is 3.13. The van der Waals surface area contributed by atoms with Gasteiger partial charge in [0.1, 0.15) is 10.8 Å². The van der Waals surface area contributed by atoms with Crippen molar-refractivity contribution in [3.8, 4) is 5.75 Å². The number of rotatable bonds is 5. The van der Waals surface area contributed by atoms with E-state index in [-0.39, 0.29) is 0 Å². The smallest absolute Gasteiger partial charge is 0.142 e. The number of nitrogens with zero attached hydrogens (tertiary/aromatic N) is 1. The van der Waals surface area contributed by atoms with Crippen LogP contribution < -0.4 is 10.1 Å². The number of benzene rings is 1. The first-order valence-corrected chi connectivity index (χ1v) is 6.53. The Labute approximate surface area is 105 Å². The summed E-state index contributed by atoms with van der Waals surface area (Å²) >= 11 is 1.65. The first-order chi connectivity index (χ1) is 8.29. The van der Waals surface area contributed by atoms with Crippen LogP contribution in [0, 0.1) is 6.92 Å². The molecule has 0 unspecified atom stereocenters. The monoisotopic (exact) mass is 248 g/mol. The molecule has 1 aromatic carbocycles. The van der Waals surface area contributed by atoms with Crippen molar-refractivity contribution in [1.82, 2.24) is 4.98 Å². The van der Waals surface area contributed by atoms with Crippen molar-refractivity contribution in [1.29, 1.82) is 0 Å². The zero-order valence-electron chi connectivity index (χ0n) is 10.1. The topological polar surface area (TPSA) is 34.1 Å². The Morgan fingerprint density at radius 1 is 1.41 bits per heavy atom. The van der Waals surface area contributed by atoms with Crippen molar-refractivity contribution in [3.63, 3.8) is 0 Å². The first-order valence-electron chi connectivity index (χ1n) is 5.65. The van der Waals surface area contributed by atoms with Crippen LogP contribution in [0.25, 0.3) is 0 Å². The summed E-state index contributed by atoms with van der Waals surface area (Å²) in [5, 5.41) is 6.41. The Morgan fingerprint density at radius 3 is 3.00 bits per heavy atom. The molecule has 4 heteroatoms. The molecule has 0 aliphatic rings. The summed E-state index contributed by atoms with van der Waals surface area (Å²) in [5.41, 5.74) is 2.22. The molecule has 0 spiro atoms. The maximum Gasteiger partial charge on any atom is 0.142 e. The molecule has 90 valence electrons. The van der Waals surface area contributed by atoms with Gasteiger partial charge >= 0.3 is 0 Å². The summed E-state index contributed by atoms with van der Waals surface area (Å²) in [6.07, 6.45) is 1.82. The molecule has 17 heavy (non-hydrogen) atoms. The van der Waals surface area contributed by atoms with E-state index in [1.165, 1.54) is 5.56 Å². The van der Waals surface area contributed by atoms with E-state index < -0.39 is 0 Å². The fourth-order valence-electron chi connectivity index (χ4n) is 1.56. The Bertz CT molecular complexity index is 468. The average Bonchev–Trinajstić information content (AvgIpc) is 2.81. The standard InChI is InChI=1S/C13H16N2OS/c1-3-16-12-8-10(2)4-5-11(12)15-9-13-14-6-7-17-13/h4-8,15H,3,9H2,1-2H3. The quantitative estimate of drug-likeness (QED) is 0.879. The van der Waals surface area contributed by atoms with Crippen LogP contribution in [0.4, 0.5) is 5.69 Å². The van der Waals surface area contributed by atoms with Gasteiger partial charge in [0.2, 0.25) is 0 Å². The van der Waals surface area contributed by atoms with E-state index in [9.17, 15) is 0 Å². The Hall–Kier alpha value is -1.55. The maximum absolute atomic E-state index is 5.61. The van der Waals surface area contributed by atoms with E-state index in [1.54, 1.807) is 11.3 Å². The van der Waals surface area contributed by atoms with Crippen LogP contribution in [-0.2, 0) is 6.54 Å². The molecule has 0 saturated heterocycles. The van der Waals surface area contributed by atoms with Gasteiger partial charge < -0.3 is 10.1 Å². The molecular weight excluding hydrogens is 232 g/mol. The van der Waals surface area contributed by atoms with Crippen molar-refractivity contribution >= 4 is 17.0 Å². The van der Waals surface area contributed by atoms with Gasteiger partial charge in [-0.25, -0.2) is 4.98 Å². The van der Waals surface area contributed by atoms with Gasteiger partial charge in [-0.15, -0.1) is 11.3 Å². The second kappa shape index (κ2) is 5.68. The second-order valence-corrected chi connectivity index (χ2v) is 4.69. The minimum Gasteiger partial charge on any atom is -0.492 e. The maximum atomic E-state index is 5.61. The Kier molecular flexibility index (Phi) is 3.98. The van der Waals surface area contributed by atoms with E-state index in [0.717, 1.165) is 23.0 Å². The van der Waals surface area contributed by atoms with Crippen LogP contribution in [0.5, 0.6) is 5.75 Å². The lowest BCUT2D eigenvalue weighted by atomic mass is 10.2. The lowest BCUT2D eigenvalue weighted by molar-refractivity contribution is 0.341. The third kappa shape index (κ3) is 3.20. The van der Waals surface area contributed by atoms with E-state index in [1.807, 2.05) is 30.6 Å². The predicted molar refractivity (Wildman–Crippen MR) is 71.8 cm³/mol. The number of anilines is 1. The first kappa shape index (κ1) is 11.9. The van der Waals surface area contributed by atoms with Crippen LogP contribution in [0.1, 0.15) is 17.5 Å². The molecule has 0 atom stereocenters.